The Morgan fingerprint density at radius 3 is 2.12 bits per heavy atom. The van der Waals surface area contributed by atoms with Gasteiger partial charge in [-0.05, 0) is 25.6 Å². The zero-order valence-corrected chi connectivity index (χ0v) is 6.20. The predicted octanol–water partition coefficient (Wildman–Crippen LogP) is 0.645. The smallest absolute Gasteiger partial charge is 0.0360 e. The molecule has 0 radical (unpaired) electrons. The summed E-state index contributed by atoms with van der Waals surface area (Å²) in [5, 5.41) is 0. The maximum absolute atomic E-state index is 9.93. The first-order valence-corrected chi connectivity index (χ1v) is 3.47. The van der Waals surface area contributed by atoms with Gasteiger partial charge in [-0.25, -0.2) is 0 Å². The van der Waals surface area contributed by atoms with Crippen molar-refractivity contribution in [3.05, 3.63) is 0 Å². The van der Waals surface area contributed by atoms with Crippen LogP contribution >= 0.6 is 11.8 Å². The van der Waals surface area contributed by atoms with Gasteiger partial charge >= 0.3 is 0 Å². The van der Waals surface area contributed by atoms with Crippen molar-refractivity contribution in [1.82, 2.24) is 3.82 Å². The molecule has 0 N–H and O–H groups in total. The third-order valence-corrected chi connectivity index (χ3v) is 1.98. The summed E-state index contributed by atoms with van der Waals surface area (Å²) in [4.78, 5) is 0. The van der Waals surface area contributed by atoms with E-state index >= 15 is 0 Å². The molecule has 0 spiro atoms. The number of hydrogen-bond acceptors (Lipinski definition) is 2. The predicted molar refractivity (Wildman–Crippen MR) is 31.7 cm³/mol. The quantitative estimate of drug-likeness (QED) is 0.435. The van der Waals surface area contributed by atoms with Crippen LogP contribution in [-0.2, 0) is 11.3 Å². The number of hydrogen-bond donors (Lipinski definition) is 0. The second kappa shape index (κ2) is 3.40. The first-order valence-electron chi connectivity index (χ1n) is 2.10. The molecule has 0 rings (SSSR count). The Kier molecular flexibility index (Phi) is 3.55. The van der Waals surface area contributed by atoms with Crippen LogP contribution in [0, 0.1) is 0 Å². The summed E-state index contributed by atoms with van der Waals surface area (Å²) in [5.74, 6) is 0. The molecule has 8 heavy (non-hydrogen) atoms. The lowest BCUT2D eigenvalue weighted by Crippen LogP contribution is -2.22. The summed E-state index contributed by atoms with van der Waals surface area (Å²) in [5.41, 5.74) is 0. The summed E-state index contributed by atoms with van der Waals surface area (Å²) < 4.78 is 20.6. The van der Waals surface area contributed by atoms with Crippen molar-refractivity contribution in [1.29, 1.82) is 0 Å². The van der Waals surface area contributed by atoms with Gasteiger partial charge in [0.15, 0.2) is 0 Å². The van der Waals surface area contributed by atoms with Gasteiger partial charge in [-0.1, -0.05) is 0 Å². The maximum atomic E-state index is 9.93. The van der Waals surface area contributed by atoms with E-state index in [0.717, 1.165) is 3.82 Å². The lowest BCUT2D eigenvalue weighted by atomic mass is 10.4. The minimum Gasteiger partial charge on any atom is -0.759 e. The fraction of sp³-hybridized carbons (Fsp3) is 1.00. The highest BCUT2D eigenvalue weighted by molar-refractivity contribution is 7.77. The van der Waals surface area contributed by atoms with Crippen molar-refractivity contribution in [3.63, 3.8) is 0 Å². The topological polar surface area (TPSA) is 43.4 Å². The molecule has 0 heterocycles. The van der Waals surface area contributed by atoms with Crippen LogP contribution in [0.4, 0.5) is 0 Å². The summed E-state index contributed by atoms with van der Waals surface area (Å²) in [7, 11) is 0. The molecule has 0 aliphatic rings. The Labute approximate surface area is 56.2 Å². The van der Waals surface area contributed by atoms with Gasteiger partial charge in [-0.2, -0.15) is 0 Å². The monoisotopic (exact) mass is 156 g/mol. The standard InChI is InChI=1S/C3H8ClNO2S/c1-3(2)5(4)8(6)7/h3H,1-2H3,(H,6,7)/p-1. The second-order valence-electron chi connectivity index (χ2n) is 1.58. The van der Waals surface area contributed by atoms with Gasteiger partial charge in [-0.15, -0.1) is 3.82 Å². The molecule has 0 aromatic carbocycles. The average Bonchev–Trinajstić information content (AvgIpc) is 1.64. The zero-order valence-electron chi connectivity index (χ0n) is 4.63. The van der Waals surface area contributed by atoms with E-state index in [-0.39, 0.29) is 6.04 Å². The summed E-state index contributed by atoms with van der Waals surface area (Å²) >= 11 is 2.88. The van der Waals surface area contributed by atoms with Gasteiger partial charge in [0.1, 0.15) is 0 Å². The van der Waals surface area contributed by atoms with Gasteiger partial charge in [0.05, 0.1) is 0 Å². The molecular weight excluding hydrogens is 150 g/mol. The van der Waals surface area contributed by atoms with E-state index in [9.17, 15) is 8.76 Å². The Hall–Kier alpha value is 0.360. The van der Waals surface area contributed by atoms with Crippen molar-refractivity contribution in [2.24, 2.45) is 0 Å². The average molecular weight is 157 g/mol. The van der Waals surface area contributed by atoms with Gasteiger partial charge in [0, 0.05) is 17.3 Å². The van der Waals surface area contributed by atoms with Gasteiger partial charge in [-0.3, -0.25) is 4.21 Å². The van der Waals surface area contributed by atoms with Crippen LogP contribution < -0.4 is 0 Å². The number of rotatable bonds is 2. The highest BCUT2D eigenvalue weighted by Gasteiger charge is 2.03. The second-order valence-corrected chi connectivity index (χ2v) is 2.98. The third kappa shape index (κ3) is 2.61. The van der Waals surface area contributed by atoms with Crippen molar-refractivity contribution in [3.8, 4) is 0 Å². The fourth-order valence-corrected chi connectivity index (χ4v) is 0.516. The van der Waals surface area contributed by atoms with E-state index in [1.54, 1.807) is 13.8 Å². The largest absolute Gasteiger partial charge is 0.759 e. The Morgan fingerprint density at radius 1 is 1.75 bits per heavy atom. The van der Waals surface area contributed by atoms with Gasteiger partial charge in [0.25, 0.3) is 0 Å². The zero-order chi connectivity index (χ0) is 6.73. The molecule has 0 aromatic heterocycles. The van der Waals surface area contributed by atoms with E-state index in [1.807, 2.05) is 0 Å². The summed E-state index contributed by atoms with van der Waals surface area (Å²) in [6.45, 7) is 3.37. The number of nitrogens with zero attached hydrogens (tertiary/aromatic N) is 1. The van der Waals surface area contributed by atoms with Crippen LogP contribution in [-0.4, -0.2) is 18.6 Å². The van der Waals surface area contributed by atoms with E-state index in [1.165, 1.54) is 0 Å². The Bertz CT molecular complexity index is 97.3. The first-order chi connectivity index (χ1) is 3.55. The van der Waals surface area contributed by atoms with Crippen molar-refractivity contribution in [2.45, 2.75) is 19.9 Å². The van der Waals surface area contributed by atoms with Crippen LogP contribution in [0.25, 0.3) is 0 Å². The number of halogens is 1. The van der Waals surface area contributed by atoms with Crippen LogP contribution in [0.1, 0.15) is 13.8 Å². The molecule has 0 bridgehead atoms. The van der Waals surface area contributed by atoms with Crippen molar-refractivity contribution < 1.29 is 8.76 Å². The van der Waals surface area contributed by atoms with Crippen LogP contribution in [0.2, 0.25) is 0 Å². The van der Waals surface area contributed by atoms with E-state index in [2.05, 4.69) is 0 Å². The van der Waals surface area contributed by atoms with Crippen LogP contribution in [0.3, 0.4) is 0 Å². The van der Waals surface area contributed by atoms with Crippen LogP contribution in [0.5, 0.6) is 0 Å². The van der Waals surface area contributed by atoms with Crippen molar-refractivity contribution in [2.75, 3.05) is 0 Å². The van der Waals surface area contributed by atoms with Crippen molar-refractivity contribution >= 4 is 23.0 Å². The molecule has 0 fully saturated rings. The molecular formula is C3H7ClNO2S-. The van der Waals surface area contributed by atoms with Crippen LogP contribution in [0.15, 0.2) is 0 Å². The Morgan fingerprint density at radius 2 is 2.12 bits per heavy atom. The molecule has 0 saturated carbocycles. The summed E-state index contributed by atoms with van der Waals surface area (Å²) in [6, 6.07) is -0.171. The molecule has 0 aliphatic heterocycles. The molecule has 3 nitrogen and oxygen atoms in total. The Balaban J connectivity index is 3.64. The summed E-state index contributed by atoms with van der Waals surface area (Å²) in [6.07, 6.45) is 0. The first kappa shape index (κ1) is 8.36. The normalized spacial score (nSPS) is 15.2. The highest BCUT2D eigenvalue weighted by atomic mass is 35.5. The van der Waals surface area contributed by atoms with Gasteiger partial charge in [0.2, 0.25) is 0 Å². The van der Waals surface area contributed by atoms with E-state index in [0.29, 0.717) is 0 Å². The molecule has 0 aliphatic carbocycles. The van der Waals surface area contributed by atoms with E-state index in [4.69, 9.17) is 11.8 Å². The molecule has 0 aromatic rings. The van der Waals surface area contributed by atoms with E-state index < -0.39 is 11.3 Å². The molecule has 0 saturated heterocycles. The minimum atomic E-state index is -2.29. The molecule has 1 atom stereocenters. The SMILES string of the molecule is CC(C)N(Cl)S(=O)[O-]. The van der Waals surface area contributed by atoms with Gasteiger partial charge < -0.3 is 4.55 Å². The minimum absolute atomic E-state index is 0.171. The maximum Gasteiger partial charge on any atom is 0.0360 e. The molecule has 0 amide bonds. The fourth-order valence-electron chi connectivity index (χ4n) is 0.172. The molecule has 5 heteroatoms. The molecule has 50 valence electrons. The lowest BCUT2D eigenvalue weighted by Gasteiger charge is -2.18. The highest BCUT2D eigenvalue weighted by Crippen LogP contribution is 2.02. The lowest BCUT2D eigenvalue weighted by molar-refractivity contribution is 0.454. The molecule has 1 unspecified atom stereocenters. The third-order valence-electron chi connectivity index (χ3n) is 0.548.